The summed E-state index contributed by atoms with van der Waals surface area (Å²) in [5.74, 6) is 0.702. The van der Waals surface area contributed by atoms with E-state index in [4.69, 9.17) is 11.5 Å². The van der Waals surface area contributed by atoms with Gasteiger partial charge in [-0.15, -0.1) is 0 Å². The third-order valence-electron chi connectivity index (χ3n) is 2.83. The SMILES string of the molecule is Nc1nc(N)nc(-c2ccc(-c3ccncc3)cc2)n1. The fourth-order valence-electron chi connectivity index (χ4n) is 1.89. The van der Waals surface area contributed by atoms with Crippen LogP contribution in [0.1, 0.15) is 0 Å². The van der Waals surface area contributed by atoms with Crippen molar-refractivity contribution in [1.82, 2.24) is 19.9 Å². The van der Waals surface area contributed by atoms with Gasteiger partial charge in [0.1, 0.15) is 0 Å². The van der Waals surface area contributed by atoms with E-state index in [9.17, 15) is 0 Å². The van der Waals surface area contributed by atoms with E-state index in [1.54, 1.807) is 12.4 Å². The van der Waals surface area contributed by atoms with Crippen LogP contribution in [0.3, 0.4) is 0 Å². The molecule has 0 aliphatic carbocycles. The quantitative estimate of drug-likeness (QED) is 0.731. The molecule has 0 saturated carbocycles. The second kappa shape index (κ2) is 4.93. The maximum Gasteiger partial charge on any atom is 0.225 e. The summed E-state index contributed by atoms with van der Waals surface area (Å²) < 4.78 is 0. The van der Waals surface area contributed by atoms with Crippen LogP contribution in [0.25, 0.3) is 22.5 Å². The van der Waals surface area contributed by atoms with E-state index in [2.05, 4.69) is 19.9 Å². The molecule has 0 atom stereocenters. The van der Waals surface area contributed by atoms with Crippen molar-refractivity contribution in [2.45, 2.75) is 0 Å². The van der Waals surface area contributed by atoms with Gasteiger partial charge in [-0.05, 0) is 23.3 Å². The maximum absolute atomic E-state index is 5.57. The largest absolute Gasteiger partial charge is 0.368 e. The van der Waals surface area contributed by atoms with E-state index in [1.807, 2.05) is 36.4 Å². The van der Waals surface area contributed by atoms with E-state index in [0.29, 0.717) is 5.82 Å². The van der Waals surface area contributed by atoms with E-state index < -0.39 is 0 Å². The Bertz CT molecular complexity index is 704. The molecule has 0 aliphatic heterocycles. The molecular formula is C14H12N6. The molecule has 2 heterocycles. The van der Waals surface area contributed by atoms with Gasteiger partial charge in [-0.2, -0.15) is 15.0 Å². The smallest absolute Gasteiger partial charge is 0.225 e. The van der Waals surface area contributed by atoms with Gasteiger partial charge >= 0.3 is 0 Å². The molecule has 98 valence electrons. The Hall–Kier alpha value is -3.02. The summed E-state index contributed by atoms with van der Waals surface area (Å²) >= 11 is 0. The first kappa shape index (κ1) is 12.0. The molecule has 3 rings (SSSR count). The molecule has 1 aromatic carbocycles. The van der Waals surface area contributed by atoms with E-state index in [-0.39, 0.29) is 11.9 Å². The highest BCUT2D eigenvalue weighted by molar-refractivity contribution is 5.67. The highest BCUT2D eigenvalue weighted by Gasteiger charge is 2.05. The first-order valence-electron chi connectivity index (χ1n) is 6.00. The highest BCUT2D eigenvalue weighted by atomic mass is 15.1. The molecule has 0 unspecified atom stereocenters. The number of hydrogen-bond donors (Lipinski definition) is 2. The number of hydrogen-bond acceptors (Lipinski definition) is 6. The van der Waals surface area contributed by atoms with Crippen molar-refractivity contribution in [1.29, 1.82) is 0 Å². The summed E-state index contributed by atoms with van der Waals surface area (Å²) in [7, 11) is 0. The Morgan fingerprint density at radius 2 is 1.10 bits per heavy atom. The fourth-order valence-corrected chi connectivity index (χ4v) is 1.89. The van der Waals surface area contributed by atoms with Crippen LogP contribution in [-0.2, 0) is 0 Å². The van der Waals surface area contributed by atoms with Crippen LogP contribution in [0.2, 0.25) is 0 Å². The molecule has 20 heavy (non-hydrogen) atoms. The van der Waals surface area contributed by atoms with Crippen molar-refractivity contribution in [3.05, 3.63) is 48.8 Å². The summed E-state index contributed by atoms with van der Waals surface area (Å²) in [6, 6.07) is 11.7. The summed E-state index contributed by atoms with van der Waals surface area (Å²) in [5.41, 5.74) is 14.2. The normalized spacial score (nSPS) is 10.4. The molecule has 0 fully saturated rings. The van der Waals surface area contributed by atoms with Crippen LogP contribution < -0.4 is 11.5 Å². The highest BCUT2D eigenvalue weighted by Crippen LogP contribution is 2.22. The van der Waals surface area contributed by atoms with Crippen LogP contribution in [-0.4, -0.2) is 19.9 Å². The predicted octanol–water partition coefficient (Wildman–Crippen LogP) is 1.76. The predicted molar refractivity (Wildman–Crippen MR) is 77.3 cm³/mol. The number of nitrogen functional groups attached to an aromatic ring is 2. The minimum absolute atomic E-state index is 0.116. The lowest BCUT2D eigenvalue weighted by Gasteiger charge is -2.04. The van der Waals surface area contributed by atoms with Gasteiger partial charge in [-0.3, -0.25) is 4.98 Å². The molecule has 2 aromatic heterocycles. The topological polar surface area (TPSA) is 104 Å². The zero-order chi connectivity index (χ0) is 13.9. The number of rotatable bonds is 2. The minimum Gasteiger partial charge on any atom is -0.368 e. The minimum atomic E-state index is 0.116. The van der Waals surface area contributed by atoms with Gasteiger partial charge in [0.05, 0.1) is 0 Å². The Balaban J connectivity index is 1.97. The third kappa shape index (κ3) is 2.39. The lowest BCUT2D eigenvalue weighted by Crippen LogP contribution is -2.04. The maximum atomic E-state index is 5.57. The van der Waals surface area contributed by atoms with E-state index in [0.717, 1.165) is 16.7 Å². The molecular weight excluding hydrogens is 252 g/mol. The molecule has 3 aromatic rings. The van der Waals surface area contributed by atoms with Gasteiger partial charge < -0.3 is 11.5 Å². The lowest BCUT2D eigenvalue weighted by atomic mass is 10.1. The zero-order valence-corrected chi connectivity index (χ0v) is 10.6. The number of pyridine rings is 1. The van der Waals surface area contributed by atoms with Crippen LogP contribution in [0, 0.1) is 0 Å². The van der Waals surface area contributed by atoms with Crippen LogP contribution >= 0.6 is 0 Å². The molecule has 0 amide bonds. The Morgan fingerprint density at radius 3 is 1.70 bits per heavy atom. The third-order valence-corrected chi connectivity index (χ3v) is 2.83. The molecule has 6 heteroatoms. The fraction of sp³-hybridized carbons (Fsp3) is 0. The summed E-state index contributed by atoms with van der Waals surface area (Å²) in [6.07, 6.45) is 3.52. The van der Waals surface area contributed by atoms with Gasteiger partial charge in [0.15, 0.2) is 5.82 Å². The van der Waals surface area contributed by atoms with Crippen LogP contribution in [0.4, 0.5) is 11.9 Å². The van der Waals surface area contributed by atoms with Crippen molar-refractivity contribution in [2.75, 3.05) is 11.5 Å². The van der Waals surface area contributed by atoms with Crippen molar-refractivity contribution in [2.24, 2.45) is 0 Å². The molecule has 0 radical (unpaired) electrons. The Kier molecular flexibility index (Phi) is 2.96. The van der Waals surface area contributed by atoms with E-state index >= 15 is 0 Å². The molecule has 0 aliphatic rings. The summed E-state index contributed by atoms with van der Waals surface area (Å²) in [4.78, 5) is 15.9. The van der Waals surface area contributed by atoms with Crippen molar-refractivity contribution < 1.29 is 0 Å². The molecule has 0 saturated heterocycles. The Labute approximate surface area is 115 Å². The summed E-state index contributed by atoms with van der Waals surface area (Å²) in [6.45, 7) is 0. The lowest BCUT2D eigenvalue weighted by molar-refractivity contribution is 1.09. The second-order valence-electron chi connectivity index (χ2n) is 4.19. The zero-order valence-electron chi connectivity index (χ0n) is 10.6. The number of anilines is 2. The number of benzene rings is 1. The molecule has 4 N–H and O–H groups in total. The molecule has 0 spiro atoms. The van der Waals surface area contributed by atoms with Gasteiger partial charge in [0.25, 0.3) is 0 Å². The monoisotopic (exact) mass is 264 g/mol. The Morgan fingerprint density at radius 1 is 0.600 bits per heavy atom. The van der Waals surface area contributed by atoms with Crippen molar-refractivity contribution >= 4 is 11.9 Å². The van der Waals surface area contributed by atoms with Crippen LogP contribution in [0.15, 0.2) is 48.8 Å². The first-order chi connectivity index (χ1) is 9.72. The number of aromatic nitrogens is 4. The summed E-state index contributed by atoms with van der Waals surface area (Å²) in [5, 5.41) is 0. The van der Waals surface area contributed by atoms with Gasteiger partial charge in [0.2, 0.25) is 11.9 Å². The van der Waals surface area contributed by atoms with E-state index in [1.165, 1.54) is 0 Å². The van der Waals surface area contributed by atoms with Crippen molar-refractivity contribution in [3.63, 3.8) is 0 Å². The number of nitrogens with zero attached hydrogens (tertiary/aromatic N) is 4. The average Bonchev–Trinajstić information content (AvgIpc) is 2.47. The second-order valence-corrected chi connectivity index (χ2v) is 4.19. The first-order valence-corrected chi connectivity index (χ1v) is 6.00. The number of nitrogens with two attached hydrogens (primary N) is 2. The molecule has 6 nitrogen and oxygen atoms in total. The van der Waals surface area contributed by atoms with Gasteiger partial charge in [0, 0.05) is 18.0 Å². The van der Waals surface area contributed by atoms with Crippen LogP contribution in [0.5, 0.6) is 0 Å². The average molecular weight is 264 g/mol. The standard InChI is InChI=1S/C14H12N6/c15-13-18-12(19-14(16)20-13)11-3-1-9(2-4-11)10-5-7-17-8-6-10/h1-8H,(H4,15,16,18,19,20). The van der Waals surface area contributed by atoms with Crippen molar-refractivity contribution in [3.8, 4) is 22.5 Å². The van der Waals surface area contributed by atoms with Gasteiger partial charge in [-0.25, -0.2) is 0 Å². The van der Waals surface area contributed by atoms with Gasteiger partial charge in [-0.1, -0.05) is 24.3 Å². The molecule has 0 bridgehead atoms.